The molecule has 0 aliphatic heterocycles. The first-order valence-electron chi connectivity index (χ1n) is 5.00. The molecule has 82 valence electrons. The van der Waals surface area contributed by atoms with Gasteiger partial charge in [-0.25, -0.2) is 4.98 Å². The van der Waals surface area contributed by atoms with Crippen molar-refractivity contribution >= 4 is 22.0 Å². The van der Waals surface area contributed by atoms with E-state index in [0.29, 0.717) is 11.2 Å². The molecule has 2 nitrogen and oxygen atoms in total. The van der Waals surface area contributed by atoms with Crippen molar-refractivity contribution < 1.29 is 4.42 Å². The quantitative estimate of drug-likeness (QED) is 0.787. The maximum Gasteiger partial charge on any atom is 0.227 e. The second kappa shape index (κ2) is 4.66. The lowest BCUT2D eigenvalue weighted by Gasteiger charge is -1.99. The van der Waals surface area contributed by atoms with E-state index >= 15 is 0 Å². The van der Waals surface area contributed by atoms with Crippen LogP contribution in [0.4, 0.5) is 0 Å². The molecule has 1 heterocycles. The summed E-state index contributed by atoms with van der Waals surface area (Å²) in [7, 11) is 0. The molecule has 3 heteroatoms. The number of nitrogens with zero attached hydrogens (tertiary/aromatic N) is 1. The molecule has 0 bridgehead atoms. The number of rotatable bonds is 3. The Morgan fingerprint density at radius 2 is 2.19 bits per heavy atom. The van der Waals surface area contributed by atoms with Gasteiger partial charge in [0, 0.05) is 5.56 Å². The lowest BCUT2D eigenvalue weighted by Crippen LogP contribution is -1.82. The van der Waals surface area contributed by atoms with Gasteiger partial charge in [0.15, 0.2) is 0 Å². The zero-order valence-electron chi connectivity index (χ0n) is 9.03. The number of aryl methyl sites for hydroxylation is 1. The highest BCUT2D eigenvalue weighted by Crippen LogP contribution is 2.26. The summed E-state index contributed by atoms with van der Waals surface area (Å²) in [5.41, 5.74) is 2.98. The van der Waals surface area contributed by atoms with Crippen molar-refractivity contribution in [1.29, 1.82) is 0 Å². The van der Waals surface area contributed by atoms with Crippen LogP contribution in [0.3, 0.4) is 0 Å². The molecule has 0 fully saturated rings. The third-order valence-corrected chi connectivity index (χ3v) is 2.93. The molecule has 2 rings (SSSR count). The highest BCUT2D eigenvalue weighted by Gasteiger charge is 2.12. The average Bonchev–Trinajstić information content (AvgIpc) is 2.72. The number of hydrogen-bond acceptors (Lipinski definition) is 2. The van der Waals surface area contributed by atoms with Crippen molar-refractivity contribution in [2.45, 2.75) is 12.3 Å². The van der Waals surface area contributed by atoms with Crippen molar-refractivity contribution in [2.75, 3.05) is 0 Å². The van der Waals surface area contributed by atoms with E-state index in [0.717, 1.165) is 22.6 Å². The Bertz CT molecular complexity index is 516. The summed E-state index contributed by atoms with van der Waals surface area (Å²) in [5.74, 6) is 1.47. The van der Waals surface area contributed by atoms with Crippen LogP contribution in [0.2, 0.25) is 0 Å². The highest BCUT2D eigenvalue weighted by molar-refractivity contribution is 9.08. The van der Waals surface area contributed by atoms with E-state index in [2.05, 4.69) is 27.5 Å². The smallest absolute Gasteiger partial charge is 0.227 e. The van der Waals surface area contributed by atoms with Crippen molar-refractivity contribution in [3.63, 3.8) is 0 Å². The van der Waals surface area contributed by atoms with Crippen LogP contribution in [0.1, 0.15) is 17.0 Å². The van der Waals surface area contributed by atoms with Gasteiger partial charge in [-0.3, -0.25) is 0 Å². The van der Waals surface area contributed by atoms with E-state index in [4.69, 9.17) is 4.42 Å². The Labute approximate surface area is 103 Å². The number of alkyl halides is 1. The van der Waals surface area contributed by atoms with Gasteiger partial charge in [-0.05, 0) is 24.6 Å². The summed E-state index contributed by atoms with van der Waals surface area (Å²) < 4.78 is 5.69. The van der Waals surface area contributed by atoms with Gasteiger partial charge in [-0.1, -0.05) is 40.7 Å². The molecule has 1 aromatic heterocycles. The molecule has 0 N–H and O–H groups in total. The van der Waals surface area contributed by atoms with Crippen molar-refractivity contribution in [2.24, 2.45) is 0 Å². The number of hydrogen-bond donors (Lipinski definition) is 0. The van der Waals surface area contributed by atoms with Crippen LogP contribution >= 0.6 is 15.9 Å². The van der Waals surface area contributed by atoms with Crippen molar-refractivity contribution in [3.05, 3.63) is 47.9 Å². The van der Waals surface area contributed by atoms with Crippen LogP contribution in [0.25, 0.3) is 17.5 Å². The molecule has 0 aliphatic carbocycles. The molecule has 0 saturated heterocycles. The van der Waals surface area contributed by atoms with Gasteiger partial charge in [0.2, 0.25) is 5.89 Å². The van der Waals surface area contributed by atoms with E-state index in [9.17, 15) is 0 Å². The molecule has 0 atom stereocenters. The fraction of sp³-hybridized carbons (Fsp3) is 0.154. The van der Waals surface area contributed by atoms with Crippen LogP contribution in [-0.2, 0) is 5.33 Å². The first kappa shape index (κ1) is 11.1. The molecule has 0 saturated carbocycles. The lowest BCUT2D eigenvalue weighted by molar-refractivity contribution is 0.539. The largest absolute Gasteiger partial charge is 0.440 e. The van der Waals surface area contributed by atoms with Gasteiger partial charge in [0.05, 0.1) is 5.33 Å². The normalized spacial score (nSPS) is 10.4. The number of halogens is 1. The van der Waals surface area contributed by atoms with E-state index < -0.39 is 0 Å². The molecule has 0 unspecified atom stereocenters. The number of oxazole rings is 1. The molecular formula is C13H12BrNO. The lowest BCUT2D eigenvalue weighted by atomic mass is 10.1. The van der Waals surface area contributed by atoms with Gasteiger partial charge in [0.1, 0.15) is 11.5 Å². The van der Waals surface area contributed by atoms with Crippen LogP contribution in [0.5, 0.6) is 0 Å². The van der Waals surface area contributed by atoms with Crippen LogP contribution < -0.4 is 0 Å². The summed E-state index contributed by atoms with van der Waals surface area (Å²) in [4.78, 5) is 4.42. The van der Waals surface area contributed by atoms with E-state index in [-0.39, 0.29) is 0 Å². The Morgan fingerprint density at radius 1 is 1.44 bits per heavy atom. The molecular weight excluding hydrogens is 266 g/mol. The third-order valence-electron chi connectivity index (χ3n) is 2.42. The van der Waals surface area contributed by atoms with Gasteiger partial charge in [-0.2, -0.15) is 0 Å². The van der Waals surface area contributed by atoms with Crippen LogP contribution in [0.15, 0.2) is 35.3 Å². The maximum atomic E-state index is 5.69. The number of aromatic nitrogens is 1. The Balaban J connectivity index is 2.53. The van der Waals surface area contributed by atoms with Crippen LogP contribution in [0, 0.1) is 6.92 Å². The third kappa shape index (κ3) is 1.95. The predicted molar refractivity (Wildman–Crippen MR) is 69.4 cm³/mol. The summed E-state index contributed by atoms with van der Waals surface area (Å²) in [5, 5.41) is 0.646. The number of benzene rings is 1. The molecule has 0 aliphatic rings. The Morgan fingerprint density at radius 3 is 2.75 bits per heavy atom. The first-order valence-corrected chi connectivity index (χ1v) is 6.12. The minimum atomic E-state index is 0.646. The van der Waals surface area contributed by atoms with Gasteiger partial charge in [-0.15, -0.1) is 0 Å². The van der Waals surface area contributed by atoms with E-state index in [1.54, 1.807) is 6.08 Å². The summed E-state index contributed by atoms with van der Waals surface area (Å²) in [6.45, 7) is 5.77. The maximum absolute atomic E-state index is 5.69. The van der Waals surface area contributed by atoms with Crippen LogP contribution in [-0.4, -0.2) is 4.98 Å². The van der Waals surface area contributed by atoms with Gasteiger partial charge in [0.25, 0.3) is 0 Å². The molecule has 0 radical (unpaired) electrons. The standard InChI is InChI=1S/C13H12BrNO/c1-3-11-12(8-14)16-13(15-11)10-7-5-4-6-9(10)2/h3-7H,1,8H2,2H3. The molecule has 2 aromatic rings. The summed E-state index contributed by atoms with van der Waals surface area (Å²) >= 11 is 3.37. The summed E-state index contributed by atoms with van der Waals surface area (Å²) in [6, 6.07) is 8.03. The molecule has 1 aromatic carbocycles. The van der Waals surface area contributed by atoms with E-state index in [1.165, 1.54) is 0 Å². The predicted octanol–water partition coefficient (Wildman–Crippen LogP) is 4.19. The summed E-state index contributed by atoms with van der Waals surface area (Å²) in [6.07, 6.45) is 1.71. The van der Waals surface area contributed by atoms with E-state index in [1.807, 2.05) is 31.2 Å². The molecule has 0 amide bonds. The highest BCUT2D eigenvalue weighted by atomic mass is 79.9. The zero-order chi connectivity index (χ0) is 11.5. The van der Waals surface area contributed by atoms with Crippen molar-refractivity contribution in [3.8, 4) is 11.5 Å². The first-order chi connectivity index (χ1) is 7.76. The fourth-order valence-corrected chi connectivity index (χ4v) is 1.95. The van der Waals surface area contributed by atoms with Gasteiger partial charge < -0.3 is 4.42 Å². The topological polar surface area (TPSA) is 26.0 Å². The minimum Gasteiger partial charge on any atom is -0.440 e. The monoisotopic (exact) mass is 277 g/mol. The van der Waals surface area contributed by atoms with Crippen molar-refractivity contribution in [1.82, 2.24) is 4.98 Å². The molecule has 16 heavy (non-hydrogen) atoms. The molecule has 0 spiro atoms. The van der Waals surface area contributed by atoms with Gasteiger partial charge >= 0.3 is 0 Å². The average molecular weight is 278 g/mol. The SMILES string of the molecule is C=Cc1nc(-c2ccccc2C)oc1CBr. The Hall–Kier alpha value is -1.35. The second-order valence-electron chi connectivity index (χ2n) is 3.48. The zero-order valence-corrected chi connectivity index (χ0v) is 10.6. The minimum absolute atomic E-state index is 0.646. The fourth-order valence-electron chi connectivity index (χ4n) is 1.55. The Kier molecular flexibility index (Phi) is 3.25. The second-order valence-corrected chi connectivity index (χ2v) is 4.04.